The van der Waals surface area contributed by atoms with Crippen molar-refractivity contribution in [3.8, 4) is 0 Å². The highest BCUT2D eigenvalue weighted by atomic mass is 16.5. The predicted molar refractivity (Wildman–Crippen MR) is 122 cm³/mol. The van der Waals surface area contributed by atoms with Gasteiger partial charge in [0.25, 0.3) is 5.91 Å². The van der Waals surface area contributed by atoms with Crippen LogP contribution in [0, 0.1) is 5.92 Å². The van der Waals surface area contributed by atoms with Crippen molar-refractivity contribution in [2.45, 2.75) is 32.4 Å². The molecule has 0 radical (unpaired) electrons. The minimum atomic E-state index is -1.57. The van der Waals surface area contributed by atoms with Crippen LogP contribution in [-0.4, -0.2) is 39.2 Å². The fourth-order valence-corrected chi connectivity index (χ4v) is 3.85. The Kier molecular flexibility index (Phi) is 6.20. The summed E-state index contributed by atoms with van der Waals surface area (Å²) in [6.07, 6.45) is 3.07. The molecule has 2 aliphatic heterocycles. The van der Waals surface area contributed by atoms with E-state index in [4.69, 9.17) is 0 Å². The van der Waals surface area contributed by atoms with Gasteiger partial charge in [0.2, 0.25) is 0 Å². The van der Waals surface area contributed by atoms with Gasteiger partial charge in [-0.15, -0.1) is 0 Å². The highest BCUT2D eigenvalue weighted by molar-refractivity contribution is 6.29. The number of para-hydroxylation sites is 1. The van der Waals surface area contributed by atoms with Crippen LogP contribution >= 0.6 is 0 Å². The standard InChI is InChI=1S/C24H26N4O4/c1-15-20(22(29)27(25-15)18-7-4-3-5-8-18)9-6-10-21-16(2)26-28(23(21)30)19-13-11-17(12-14-19)24(31)32/h3-15,20,22,24-25,29,31-32H,1-2H3/b9-6+,21-10+. The van der Waals surface area contributed by atoms with Crippen LogP contribution in [0.4, 0.5) is 11.4 Å². The molecule has 1 saturated heterocycles. The lowest BCUT2D eigenvalue weighted by Gasteiger charge is -2.23. The van der Waals surface area contributed by atoms with E-state index >= 15 is 0 Å². The van der Waals surface area contributed by atoms with Gasteiger partial charge in [-0.05, 0) is 44.2 Å². The van der Waals surface area contributed by atoms with E-state index in [0.29, 0.717) is 22.5 Å². The zero-order valence-corrected chi connectivity index (χ0v) is 17.8. The minimum Gasteiger partial charge on any atom is -0.372 e. The molecule has 1 fully saturated rings. The number of hydrazone groups is 1. The monoisotopic (exact) mass is 434 g/mol. The number of hydrogen-bond donors (Lipinski definition) is 4. The first-order valence-corrected chi connectivity index (χ1v) is 10.4. The average molecular weight is 434 g/mol. The Morgan fingerprint density at radius 1 is 1.06 bits per heavy atom. The lowest BCUT2D eigenvalue weighted by atomic mass is 10.0. The number of amides is 1. The van der Waals surface area contributed by atoms with Crippen molar-refractivity contribution in [2.24, 2.45) is 11.0 Å². The molecule has 32 heavy (non-hydrogen) atoms. The Bertz CT molecular complexity index is 1060. The number of anilines is 2. The van der Waals surface area contributed by atoms with Crippen LogP contribution in [0.3, 0.4) is 0 Å². The maximum atomic E-state index is 12.9. The first kappa shape index (κ1) is 21.9. The molecular weight excluding hydrogens is 408 g/mol. The fraction of sp³-hybridized carbons (Fsp3) is 0.250. The maximum Gasteiger partial charge on any atom is 0.280 e. The second-order valence-corrected chi connectivity index (χ2v) is 7.85. The highest BCUT2D eigenvalue weighted by Gasteiger charge is 2.36. The Hall–Kier alpha value is -3.30. The molecule has 1 amide bonds. The summed E-state index contributed by atoms with van der Waals surface area (Å²) in [5.74, 6) is -0.442. The summed E-state index contributed by atoms with van der Waals surface area (Å²) in [6, 6.07) is 15.9. The quantitative estimate of drug-likeness (QED) is 0.425. The Morgan fingerprint density at radius 3 is 2.41 bits per heavy atom. The number of rotatable bonds is 5. The summed E-state index contributed by atoms with van der Waals surface area (Å²) in [4.78, 5) is 12.9. The molecule has 0 bridgehead atoms. The molecule has 3 atom stereocenters. The molecule has 4 rings (SSSR count). The third-order valence-corrected chi connectivity index (χ3v) is 5.66. The van der Waals surface area contributed by atoms with Gasteiger partial charge in [0.15, 0.2) is 6.29 Å². The minimum absolute atomic E-state index is 0.00536. The predicted octanol–water partition coefficient (Wildman–Crippen LogP) is 2.22. The molecule has 8 heteroatoms. The van der Waals surface area contributed by atoms with Gasteiger partial charge in [0.1, 0.15) is 6.23 Å². The molecule has 8 nitrogen and oxygen atoms in total. The first-order valence-electron chi connectivity index (χ1n) is 10.4. The van der Waals surface area contributed by atoms with Gasteiger partial charge in [0, 0.05) is 17.5 Å². The zero-order valence-electron chi connectivity index (χ0n) is 17.8. The van der Waals surface area contributed by atoms with E-state index in [9.17, 15) is 20.1 Å². The van der Waals surface area contributed by atoms with Gasteiger partial charge in [-0.2, -0.15) is 10.1 Å². The Labute approximate surface area is 186 Å². The van der Waals surface area contributed by atoms with E-state index in [1.54, 1.807) is 36.2 Å². The molecule has 4 N–H and O–H groups in total. The van der Waals surface area contributed by atoms with Gasteiger partial charge in [0.05, 0.1) is 22.7 Å². The van der Waals surface area contributed by atoms with Crippen LogP contribution in [0.25, 0.3) is 0 Å². The van der Waals surface area contributed by atoms with Gasteiger partial charge >= 0.3 is 0 Å². The van der Waals surface area contributed by atoms with Crippen molar-refractivity contribution in [1.29, 1.82) is 0 Å². The summed E-state index contributed by atoms with van der Waals surface area (Å²) in [5.41, 5.74) is 6.07. The smallest absolute Gasteiger partial charge is 0.280 e. The van der Waals surface area contributed by atoms with Gasteiger partial charge in [-0.3, -0.25) is 9.80 Å². The lowest BCUT2D eigenvalue weighted by Crippen LogP contribution is -2.39. The molecule has 2 aromatic carbocycles. The molecule has 166 valence electrons. The molecule has 0 spiro atoms. The largest absolute Gasteiger partial charge is 0.372 e. The zero-order chi connectivity index (χ0) is 22.8. The van der Waals surface area contributed by atoms with E-state index in [2.05, 4.69) is 10.5 Å². The van der Waals surface area contributed by atoms with Crippen molar-refractivity contribution >= 4 is 23.0 Å². The van der Waals surface area contributed by atoms with Crippen molar-refractivity contribution in [3.63, 3.8) is 0 Å². The molecule has 0 aliphatic carbocycles. The van der Waals surface area contributed by atoms with Crippen LogP contribution in [0.15, 0.2) is 83.5 Å². The number of carbonyl (C=O) groups is 1. The molecular formula is C24H26N4O4. The van der Waals surface area contributed by atoms with Crippen molar-refractivity contribution < 1.29 is 20.1 Å². The highest BCUT2D eigenvalue weighted by Crippen LogP contribution is 2.28. The molecule has 2 heterocycles. The maximum absolute atomic E-state index is 12.9. The Balaban J connectivity index is 1.47. The SMILES string of the molecule is CC1=NN(c2ccc(C(O)O)cc2)C(=O)/C1=C/C=C/C1C(C)NN(c2ccccc2)C1O. The van der Waals surface area contributed by atoms with E-state index in [-0.39, 0.29) is 17.9 Å². The first-order chi connectivity index (χ1) is 15.4. The van der Waals surface area contributed by atoms with Crippen LogP contribution in [0.5, 0.6) is 0 Å². The van der Waals surface area contributed by atoms with Crippen LogP contribution in [-0.2, 0) is 4.79 Å². The van der Waals surface area contributed by atoms with Crippen molar-refractivity contribution in [2.75, 3.05) is 10.0 Å². The number of aliphatic hydroxyl groups is 3. The number of hydrazine groups is 1. The summed E-state index contributed by atoms with van der Waals surface area (Å²) in [6.45, 7) is 3.76. The summed E-state index contributed by atoms with van der Waals surface area (Å²) < 4.78 is 0. The molecule has 3 unspecified atom stereocenters. The second-order valence-electron chi connectivity index (χ2n) is 7.85. The van der Waals surface area contributed by atoms with Crippen molar-refractivity contribution in [1.82, 2.24) is 5.43 Å². The summed E-state index contributed by atoms with van der Waals surface area (Å²) >= 11 is 0. The van der Waals surface area contributed by atoms with E-state index in [1.165, 1.54) is 17.1 Å². The summed E-state index contributed by atoms with van der Waals surface area (Å²) in [7, 11) is 0. The van der Waals surface area contributed by atoms with Crippen molar-refractivity contribution in [3.05, 3.63) is 84.0 Å². The molecule has 2 aliphatic rings. The number of aliphatic hydroxyl groups excluding tert-OH is 2. The number of carbonyl (C=O) groups excluding carboxylic acids is 1. The third-order valence-electron chi connectivity index (χ3n) is 5.66. The van der Waals surface area contributed by atoms with E-state index in [0.717, 1.165) is 5.69 Å². The summed E-state index contributed by atoms with van der Waals surface area (Å²) in [5, 5.41) is 36.6. The van der Waals surface area contributed by atoms with E-state index < -0.39 is 12.5 Å². The number of hydrogen-bond acceptors (Lipinski definition) is 7. The van der Waals surface area contributed by atoms with E-state index in [1.807, 2.05) is 43.3 Å². The molecule has 0 aromatic heterocycles. The third kappa shape index (κ3) is 4.21. The number of nitrogens with zero attached hydrogens (tertiary/aromatic N) is 3. The van der Waals surface area contributed by atoms with Crippen LogP contribution < -0.4 is 15.4 Å². The molecule has 0 saturated carbocycles. The van der Waals surface area contributed by atoms with Gasteiger partial charge < -0.3 is 15.3 Å². The van der Waals surface area contributed by atoms with Crippen LogP contribution in [0.1, 0.15) is 25.7 Å². The normalized spacial score (nSPS) is 24.9. The van der Waals surface area contributed by atoms with Crippen LogP contribution in [0.2, 0.25) is 0 Å². The van der Waals surface area contributed by atoms with Gasteiger partial charge in [-0.1, -0.05) is 42.5 Å². The molecule has 2 aromatic rings. The number of nitrogens with one attached hydrogen (secondary N) is 1. The van der Waals surface area contributed by atoms with Gasteiger partial charge in [-0.25, -0.2) is 5.43 Å². The average Bonchev–Trinajstić information content (AvgIpc) is 3.24. The lowest BCUT2D eigenvalue weighted by molar-refractivity contribution is -0.114. The number of benzene rings is 2. The topological polar surface area (TPSA) is 109 Å². The second kappa shape index (κ2) is 9.05. The Morgan fingerprint density at radius 2 is 1.75 bits per heavy atom. The number of allylic oxidation sites excluding steroid dienone is 2. The fourth-order valence-electron chi connectivity index (χ4n) is 3.85.